The van der Waals surface area contributed by atoms with Crippen molar-refractivity contribution >= 4 is 27.7 Å². The van der Waals surface area contributed by atoms with Gasteiger partial charge in [0.25, 0.3) is 0 Å². The third-order valence-electron chi connectivity index (χ3n) is 3.72. The molecule has 0 fully saturated rings. The Hall–Kier alpha value is -2.95. The van der Waals surface area contributed by atoms with Gasteiger partial charge in [-0.25, -0.2) is 9.97 Å². The zero-order chi connectivity index (χ0) is 14.9. The van der Waals surface area contributed by atoms with Gasteiger partial charge in [-0.2, -0.15) is 0 Å². The van der Waals surface area contributed by atoms with E-state index in [9.17, 15) is 0 Å². The van der Waals surface area contributed by atoms with Gasteiger partial charge in [0.1, 0.15) is 17.8 Å². The summed E-state index contributed by atoms with van der Waals surface area (Å²) in [4.78, 5) is 10.8. The van der Waals surface area contributed by atoms with Gasteiger partial charge in [-0.3, -0.25) is 0 Å². The molecule has 4 rings (SSSR count). The van der Waals surface area contributed by atoms with Crippen molar-refractivity contribution in [1.82, 2.24) is 15.1 Å². The average Bonchev–Trinajstić information content (AvgIpc) is 2.97. The van der Waals surface area contributed by atoms with Crippen LogP contribution in [-0.4, -0.2) is 22.2 Å². The maximum absolute atomic E-state index is 5.36. The summed E-state index contributed by atoms with van der Waals surface area (Å²) < 4.78 is 5.36. The van der Waals surface area contributed by atoms with Gasteiger partial charge in [-0.1, -0.05) is 29.4 Å². The highest BCUT2D eigenvalue weighted by Gasteiger charge is 2.13. The largest absolute Gasteiger partial charge is 0.356 e. The first-order valence-electron chi connectivity index (χ1n) is 7.07. The van der Waals surface area contributed by atoms with Crippen molar-refractivity contribution in [2.45, 2.75) is 6.54 Å². The molecule has 5 nitrogen and oxygen atoms in total. The molecule has 0 N–H and O–H groups in total. The Morgan fingerprint density at radius 2 is 1.73 bits per heavy atom. The normalized spacial score (nSPS) is 11.1. The Morgan fingerprint density at radius 3 is 2.64 bits per heavy atom. The number of para-hydroxylation sites is 2. The monoisotopic (exact) mass is 290 g/mol. The second kappa shape index (κ2) is 5.11. The second-order valence-electron chi connectivity index (χ2n) is 5.20. The van der Waals surface area contributed by atoms with E-state index >= 15 is 0 Å². The molecule has 0 atom stereocenters. The van der Waals surface area contributed by atoms with Crippen molar-refractivity contribution in [3.8, 4) is 0 Å². The highest BCUT2D eigenvalue weighted by Crippen LogP contribution is 2.25. The Kier molecular flexibility index (Phi) is 2.96. The van der Waals surface area contributed by atoms with Crippen molar-refractivity contribution in [2.75, 3.05) is 11.9 Å². The third kappa shape index (κ3) is 2.07. The van der Waals surface area contributed by atoms with E-state index in [1.165, 1.54) is 0 Å². The van der Waals surface area contributed by atoms with Gasteiger partial charge in [-0.15, -0.1) is 0 Å². The molecule has 0 aliphatic heterocycles. The van der Waals surface area contributed by atoms with Crippen LogP contribution in [0, 0.1) is 0 Å². The summed E-state index contributed by atoms with van der Waals surface area (Å²) in [6.07, 6.45) is 1.59. The van der Waals surface area contributed by atoms with Crippen LogP contribution in [0.4, 0.5) is 5.82 Å². The van der Waals surface area contributed by atoms with Crippen LogP contribution in [-0.2, 0) is 6.54 Å². The van der Waals surface area contributed by atoms with Crippen LogP contribution in [0.3, 0.4) is 0 Å². The van der Waals surface area contributed by atoms with Crippen molar-refractivity contribution in [3.05, 3.63) is 60.6 Å². The van der Waals surface area contributed by atoms with E-state index in [0.29, 0.717) is 6.54 Å². The molecule has 0 bridgehead atoms. The zero-order valence-corrected chi connectivity index (χ0v) is 12.1. The average molecular weight is 290 g/mol. The van der Waals surface area contributed by atoms with Crippen molar-refractivity contribution in [1.29, 1.82) is 0 Å². The van der Waals surface area contributed by atoms with Gasteiger partial charge in [0, 0.05) is 17.8 Å². The minimum atomic E-state index is 0.623. The Labute approximate surface area is 127 Å². The molecule has 2 aromatic carbocycles. The number of aromatic nitrogens is 3. The van der Waals surface area contributed by atoms with Gasteiger partial charge in [0.15, 0.2) is 5.58 Å². The molecule has 5 heteroatoms. The molecular formula is C17H14N4O. The van der Waals surface area contributed by atoms with Crippen molar-refractivity contribution in [2.24, 2.45) is 0 Å². The number of hydrogen-bond donors (Lipinski definition) is 0. The van der Waals surface area contributed by atoms with E-state index in [1.54, 1.807) is 6.33 Å². The molecule has 22 heavy (non-hydrogen) atoms. The van der Waals surface area contributed by atoms with Crippen molar-refractivity contribution in [3.63, 3.8) is 0 Å². The predicted octanol–water partition coefficient (Wildman–Crippen LogP) is 3.41. The van der Waals surface area contributed by atoms with Crippen LogP contribution < -0.4 is 4.90 Å². The Bertz CT molecular complexity index is 942. The second-order valence-corrected chi connectivity index (χ2v) is 5.20. The minimum absolute atomic E-state index is 0.623. The first-order valence-corrected chi connectivity index (χ1v) is 7.07. The molecule has 0 aliphatic rings. The van der Waals surface area contributed by atoms with Gasteiger partial charge < -0.3 is 9.42 Å². The van der Waals surface area contributed by atoms with Crippen LogP contribution >= 0.6 is 0 Å². The smallest absolute Gasteiger partial charge is 0.167 e. The summed E-state index contributed by atoms with van der Waals surface area (Å²) in [7, 11) is 2.00. The van der Waals surface area contributed by atoms with Crippen LogP contribution in [0.2, 0.25) is 0 Å². The fourth-order valence-electron chi connectivity index (χ4n) is 2.65. The SMILES string of the molecule is CN(Cc1noc2ccccc12)c1ncnc2ccccc12. The van der Waals surface area contributed by atoms with E-state index < -0.39 is 0 Å². The first-order chi connectivity index (χ1) is 10.8. The molecule has 2 heterocycles. The van der Waals surface area contributed by atoms with Gasteiger partial charge in [-0.05, 0) is 24.3 Å². The number of rotatable bonds is 3. The molecule has 0 amide bonds. The molecule has 0 aliphatic carbocycles. The molecular weight excluding hydrogens is 276 g/mol. The van der Waals surface area contributed by atoms with Crippen LogP contribution in [0.25, 0.3) is 21.9 Å². The van der Waals surface area contributed by atoms with E-state index in [1.807, 2.05) is 55.6 Å². The van der Waals surface area contributed by atoms with E-state index in [4.69, 9.17) is 4.52 Å². The fourth-order valence-corrected chi connectivity index (χ4v) is 2.65. The van der Waals surface area contributed by atoms with E-state index in [-0.39, 0.29) is 0 Å². The molecule has 0 spiro atoms. The predicted molar refractivity (Wildman–Crippen MR) is 85.7 cm³/mol. The van der Waals surface area contributed by atoms with E-state index in [0.717, 1.165) is 33.4 Å². The number of nitrogens with zero attached hydrogens (tertiary/aromatic N) is 4. The highest BCUT2D eigenvalue weighted by atomic mass is 16.5. The molecule has 0 saturated carbocycles. The van der Waals surface area contributed by atoms with Gasteiger partial charge in [0.05, 0.1) is 12.1 Å². The quantitative estimate of drug-likeness (QED) is 0.579. The summed E-state index contributed by atoms with van der Waals surface area (Å²) in [5.41, 5.74) is 2.64. The minimum Gasteiger partial charge on any atom is -0.356 e. The summed E-state index contributed by atoms with van der Waals surface area (Å²) >= 11 is 0. The van der Waals surface area contributed by atoms with Gasteiger partial charge >= 0.3 is 0 Å². The standard InChI is InChI=1S/C17H14N4O/c1-21(10-15-12-6-3-5-9-16(12)22-20-15)17-13-7-2-4-8-14(13)18-11-19-17/h2-9,11H,10H2,1H3. The fraction of sp³-hybridized carbons (Fsp3) is 0.118. The molecule has 0 saturated heterocycles. The number of anilines is 1. The topological polar surface area (TPSA) is 55.1 Å². The lowest BCUT2D eigenvalue weighted by molar-refractivity contribution is 0.445. The maximum Gasteiger partial charge on any atom is 0.167 e. The molecule has 0 unspecified atom stereocenters. The van der Waals surface area contributed by atoms with Crippen LogP contribution in [0.15, 0.2) is 59.4 Å². The Morgan fingerprint density at radius 1 is 0.955 bits per heavy atom. The summed E-state index contributed by atoms with van der Waals surface area (Å²) in [6.45, 7) is 0.623. The number of hydrogen-bond acceptors (Lipinski definition) is 5. The lowest BCUT2D eigenvalue weighted by atomic mass is 10.2. The lowest BCUT2D eigenvalue weighted by Crippen LogP contribution is -2.18. The molecule has 4 aromatic rings. The van der Waals surface area contributed by atoms with Crippen LogP contribution in [0.1, 0.15) is 5.69 Å². The van der Waals surface area contributed by atoms with Crippen molar-refractivity contribution < 1.29 is 4.52 Å². The molecule has 0 radical (unpaired) electrons. The zero-order valence-electron chi connectivity index (χ0n) is 12.1. The van der Waals surface area contributed by atoms with Gasteiger partial charge in [0.2, 0.25) is 0 Å². The first kappa shape index (κ1) is 12.8. The van der Waals surface area contributed by atoms with E-state index in [2.05, 4.69) is 20.0 Å². The lowest BCUT2D eigenvalue weighted by Gasteiger charge is -2.18. The molecule has 2 aromatic heterocycles. The third-order valence-corrected chi connectivity index (χ3v) is 3.72. The number of fused-ring (bicyclic) bond motifs is 2. The highest BCUT2D eigenvalue weighted by molar-refractivity contribution is 5.89. The summed E-state index contributed by atoms with van der Waals surface area (Å²) in [5, 5.41) is 6.24. The summed E-state index contributed by atoms with van der Waals surface area (Å²) in [5.74, 6) is 0.887. The van der Waals surface area contributed by atoms with Crippen LogP contribution in [0.5, 0.6) is 0 Å². The summed E-state index contributed by atoms with van der Waals surface area (Å²) in [6, 6.07) is 15.9. The molecule has 108 valence electrons. The maximum atomic E-state index is 5.36. The number of benzene rings is 2. The Balaban J connectivity index is 1.73.